The van der Waals surface area contributed by atoms with Crippen LogP contribution in [-0.2, 0) is 5.41 Å². The van der Waals surface area contributed by atoms with Gasteiger partial charge in [-0.1, -0.05) is 117 Å². The number of hydrogen-bond acceptors (Lipinski definition) is 3. The van der Waals surface area contributed by atoms with Crippen LogP contribution < -0.4 is 4.90 Å². The first-order valence-electron chi connectivity index (χ1n) is 16.1. The topological polar surface area (TPSA) is 16.4 Å². The lowest BCUT2D eigenvalue weighted by Gasteiger charge is -2.35. The number of anilines is 2. The van der Waals surface area contributed by atoms with Gasteiger partial charge in [0.15, 0.2) is 0 Å². The Hall–Kier alpha value is -5.12. The molecule has 8 aromatic rings. The molecule has 10 rings (SSSR count). The van der Waals surface area contributed by atoms with E-state index in [4.69, 9.17) is 4.42 Å². The summed E-state index contributed by atoms with van der Waals surface area (Å²) in [6, 6.07) is 43.8. The molecule has 0 aliphatic heterocycles. The summed E-state index contributed by atoms with van der Waals surface area (Å²) in [7, 11) is 0. The molecule has 2 aliphatic carbocycles. The average molecular weight is 610 g/mol. The predicted molar refractivity (Wildman–Crippen MR) is 196 cm³/mol. The average Bonchev–Trinajstić information content (AvgIpc) is 3.74. The Bertz CT molecular complexity index is 2580. The number of para-hydroxylation sites is 2. The molecule has 0 saturated heterocycles. The van der Waals surface area contributed by atoms with Crippen molar-refractivity contribution in [3.05, 3.63) is 156 Å². The highest BCUT2D eigenvalue weighted by Gasteiger charge is 2.48. The first-order valence-corrected chi connectivity index (χ1v) is 16.9. The second-order valence-corrected chi connectivity index (χ2v) is 14.3. The van der Waals surface area contributed by atoms with Crippen LogP contribution in [-0.4, -0.2) is 0 Å². The maximum Gasteiger partial charge on any atom is 0.140 e. The molecule has 46 heavy (non-hydrogen) atoms. The van der Waals surface area contributed by atoms with E-state index in [0.717, 1.165) is 11.2 Å². The van der Waals surface area contributed by atoms with E-state index in [1.807, 2.05) is 11.3 Å². The van der Waals surface area contributed by atoms with Crippen molar-refractivity contribution in [2.45, 2.75) is 25.2 Å². The summed E-state index contributed by atoms with van der Waals surface area (Å²) in [5, 5.41) is 7.69. The monoisotopic (exact) mass is 609 g/mol. The Labute approximate surface area is 271 Å². The summed E-state index contributed by atoms with van der Waals surface area (Å²) in [6.45, 7) is 4.87. The highest BCUT2D eigenvalue weighted by atomic mass is 32.1. The number of furan rings is 1. The normalized spacial score (nSPS) is 18.4. The van der Waals surface area contributed by atoms with Crippen LogP contribution in [0, 0.1) is 5.92 Å². The summed E-state index contributed by atoms with van der Waals surface area (Å²) in [4.78, 5) is 2.47. The van der Waals surface area contributed by atoms with Gasteiger partial charge in [0.05, 0.1) is 10.4 Å². The van der Waals surface area contributed by atoms with Crippen molar-refractivity contribution in [1.29, 1.82) is 0 Å². The molecular formula is C43H31NOS. The van der Waals surface area contributed by atoms with Crippen molar-refractivity contribution in [2.75, 3.05) is 4.90 Å². The minimum absolute atomic E-state index is 0.116. The lowest BCUT2D eigenvalue weighted by atomic mass is 9.73. The van der Waals surface area contributed by atoms with E-state index >= 15 is 0 Å². The summed E-state index contributed by atoms with van der Waals surface area (Å²) in [5.74, 6) is 0.483. The van der Waals surface area contributed by atoms with Crippen molar-refractivity contribution in [3.8, 4) is 0 Å². The van der Waals surface area contributed by atoms with Crippen molar-refractivity contribution in [2.24, 2.45) is 5.92 Å². The zero-order valence-corrected chi connectivity index (χ0v) is 26.5. The third-order valence-electron chi connectivity index (χ3n) is 10.5. The van der Waals surface area contributed by atoms with E-state index in [2.05, 4.69) is 158 Å². The Kier molecular flexibility index (Phi) is 5.37. The van der Waals surface area contributed by atoms with Crippen LogP contribution >= 0.6 is 11.3 Å². The van der Waals surface area contributed by atoms with Crippen LogP contribution in [0.3, 0.4) is 0 Å². The fourth-order valence-corrected chi connectivity index (χ4v) is 9.73. The third kappa shape index (κ3) is 3.47. The molecule has 2 aromatic heterocycles. The Morgan fingerprint density at radius 1 is 0.674 bits per heavy atom. The van der Waals surface area contributed by atoms with Crippen molar-refractivity contribution in [3.63, 3.8) is 0 Å². The van der Waals surface area contributed by atoms with E-state index in [-0.39, 0.29) is 17.3 Å². The fourth-order valence-electron chi connectivity index (χ4n) is 8.52. The van der Waals surface area contributed by atoms with E-state index in [9.17, 15) is 0 Å². The van der Waals surface area contributed by atoms with Gasteiger partial charge in [-0.25, -0.2) is 0 Å². The Morgan fingerprint density at radius 2 is 1.37 bits per heavy atom. The summed E-state index contributed by atoms with van der Waals surface area (Å²) >= 11 is 1.88. The van der Waals surface area contributed by atoms with E-state index in [1.54, 1.807) is 0 Å². The number of allylic oxidation sites excluding steroid dienone is 3. The molecule has 220 valence electrons. The largest absolute Gasteiger partial charge is 0.456 e. The zero-order valence-electron chi connectivity index (χ0n) is 25.7. The maximum atomic E-state index is 6.77. The van der Waals surface area contributed by atoms with E-state index in [0.29, 0.717) is 0 Å². The number of benzene rings is 6. The van der Waals surface area contributed by atoms with Gasteiger partial charge in [0.2, 0.25) is 0 Å². The van der Waals surface area contributed by atoms with Gasteiger partial charge in [0, 0.05) is 49.1 Å². The SMILES string of the molecule is CC1(C)c2c(c3oc4ccccc4c3c3ccccc23)C2C=CC(N(c3ccccc3)c3cccc4c3sc3ccccc34)=CC21. The fraction of sp³-hybridized carbons (Fsp3) is 0.116. The Morgan fingerprint density at radius 3 is 2.22 bits per heavy atom. The number of fused-ring (bicyclic) bond motifs is 13. The molecule has 0 amide bonds. The zero-order chi connectivity index (χ0) is 30.6. The lowest BCUT2D eigenvalue weighted by molar-refractivity contribution is 0.394. The first-order chi connectivity index (χ1) is 22.6. The number of hydrogen-bond donors (Lipinski definition) is 0. The molecule has 2 nitrogen and oxygen atoms in total. The molecule has 0 radical (unpaired) electrons. The van der Waals surface area contributed by atoms with Crippen LogP contribution in [0.2, 0.25) is 0 Å². The molecule has 2 atom stereocenters. The van der Waals surface area contributed by atoms with Gasteiger partial charge < -0.3 is 9.32 Å². The highest BCUT2D eigenvalue weighted by molar-refractivity contribution is 7.26. The van der Waals surface area contributed by atoms with Crippen LogP contribution in [0.1, 0.15) is 30.9 Å². The van der Waals surface area contributed by atoms with Gasteiger partial charge in [-0.2, -0.15) is 0 Å². The Balaban J connectivity index is 1.21. The van der Waals surface area contributed by atoms with Crippen LogP contribution in [0.25, 0.3) is 52.9 Å². The molecule has 0 bridgehead atoms. The van der Waals surface area contributed by atoms with Crippen molar-refractivity contribution >= 4 is 75.6 Å². The van der Waals surface area contributed by atoms with Crippen LogP contribution in [0.5, 0.6) is 0 Å². The molecule has 6 aromatic carbocycles. The first kappa shape index (κ1) is 26.1. The maximum absolute atomic E-state index is 6.77. The van der Waals surface area contributed by atoms with Gasteiger partial charge >= 0.3 is 0 Å². The minimum Gasteiger partial charge on any atom is -0.456 e. The van der Waals surface area contributed by atoms with E-state index < -0.39 is 0 Å². The molecule has 3 heteroatoms. The number of rotatable bonds is 3. The van der Waals surface area contributed by atoms with Crippen molar-refractivity contribution in [1.82, 2.24) is 0 Å². The predicted octanol–water partition coefficient (Wildman–Crippen LogP) is 12.4. The van der Waals surface area contributed by atoms with Crippen LogP contribution in [0.4, 0.5) is 11.4 Å². The minimum atomic E-state index is -0.116. The van der Waals surface area contributed by atoms with Gasteiger partial charge in [-0.3, -0.25) is 0 Å². The summed E-state index contributed by atoms with van der Waals surface area (Å²) < 4.78 is 9.40. The summed E-state index contributed by atoms with van der Waals surface area (Å²) in [5.41, 5.74) is 8.26. The van der Waals surface area contributed by atoms with Gasteiger partial charge in [0.25, 0.3) is 0 Å². The second-order valence-electron chi connectivity index (χ2n) is 13.3. The molecule has 2 heterocycles. The molecule has 0 spiro atoms. The van der Waals surface area contributed by atoms with E-state index in [1.165, 1.54) is 69.9 Å². The van der Waals surface area contributed by atoms with Crippen molar-refractivity contribution < 1.29 is 4.42 Å². The second kappa shape index (κ2) is 9.45. The molecular weight excluding hydrogens is 579 g/mol. The summed E-state index contributed by atoms with van der Waals surface area (Å²) in [6.07, 6.45) is 7.36. The molecule has 2 aliphatic rings. The standard InChI is InChI=1S/C43H31NOS/c1-43(2)34-25-27(44(26-13-4-3-5-14-26)35-20-12-19-31-28-15-9-11-22-37(28)46-42(31)35)23-24-32(34)39-40(43)30-17-7-6-16-29(30)38-33-18-8-10-21-36(33)45-41(38)39/h3-25,32,34H,1-2H3. The smallest absolute Gasteiger partial charge is 0.140 e. The lowest BCUT2D eigenvalue weighted by Crippen LogP contribution is -2.28. The number of thiophene rings is 1. The van der Waals surface area contributed by atoms with Gasteiger partial charge in [-0.15, -0.1) is 11.3 Å². The quantitative estimate of drug-likeness (QED) is 0.198. The highest BCUT2D eigenvalue weighted by Crippen LogP contribution is 2.59. The molecule has 0 fully saturated rings. The molecule has 2 unspecified atom stereocenters. The third-order valence-corrected chi connectivity index (χ3v) is 11.7. The van der Waals surface area contributed by atoms with Gasteiger partial charge in [0.1, 0.15) is 11.2 Å². The van der Waals surface area contributed by atoms with Gasteiger partial charge in [-0.05, 0) is 64.1 Å². The molecule has 0 saturated carbocycles. The van der Waals surface area contributed by atoms with Crippen LogP contribution in [0.15, 0.2) is 150 Å². The molecule has 0 N–H and O–H groups in total. The number of nitrogens with zero attached hydrogens (tertiary/aromatic N) is 1.